The number of carboxylic acid groups (broad SMARTS) is 1. The second kappa shape index (κ2) is 8.08. The number of nitrogens with one attached hydrogen (secondary N) is 1. The molecule has 0 saturated carbocycles. The molecule has 6 nitrogen and oxygen atoms in total. The Morgan fingerprint density at radius 3 is 2.61 bits per heavy atom. The molecule has 0 spiro atoms. The minimum absolute atomic E-state index is 0.0827. The Labute approximate surface area is 163 Å². The van der Waals surface area contributed by atoms with E-state index >= 15 is 0 Å². The van der Waals surface area contributed by atoms with Crippen LogP contribution in [-0.4, -0.2) is 28.3 Å². The molecule has 1 amide bonds. The summed E-state index contributed by atoms with van der Waals surface area (Å²) in [5, 5.41) is 16.1. The van der Waals surface area contributed by atoms with Crippen LogP contribution in [-0.2, 0) is 14.4 Å². The number of allylic oxidation sites excluding steroid dienone is 1. The fourth-order valence-electron chi connectivity index (χ4n) is 3.08. The van der Waals surface area contributed by atoms with Crippen molar-refractivity contribution >= 4 is 29.4 Å². The van der Waals surface area contributed by atoms with Gasteiger partial charge in [-0.05, 0) is 37.1 Å². The maximum absolute atomic E-state index is 12.9. The Kier molecular flexibility index (Phi) is 5.59. The van der Waals surface area contributed by atoms with Gasteiger partial charge in [0.2, 0.25) is 5.60 Å². The van der Waals surface area contributed by atoms with Crippen molar-refractivity contribution in [1.29, 1.82) is 0 Å². The van der Waals surface area contributed by atoms with Crippen molar-refractivity contribution in [2.75, 3.05) is 5.32 Å². The Bertz CT molecular complexity index is 950. The van der Waals surface area contributed by atoms with Gasteiger partial charge in [0.25, 0.3) is 5.91 Å². The summed E-state index contributed by atoms with van der Waals surface area (Å²) in [6.07, 6.45) is 3.19. The number of hydrogen-bond acceptors (Lipinski definition) is 4. The average molecular weight is 378 g/mol. The first-order valence-corrected chi connectivity index (χ1v) is 8.97. The molecule has 1 aliphatic heterocycles. The molecule has 0 aliphatic carbocycles. The fraction of sp³-hybridized carbons (Fsp3) is 0.227. The first-order valence-electron chi connectivity index (χ1n) is 8.97. The molecule has 2 N–H and O–H groups in total. The summed E-state index contributed by atoms with van der Waals surface area (Å²) < 4.78 is 0. The van der Waals surface area contributed by atoms with Crippen molar-refractivity contribution in [1.82, 2.24) is 0 Å². The van der Waals surface area contributed by atoms with Gasteiger partial charge in [0.15, 0.2) is 0 Å². The molecule has 6 heteroatoms. The molecule has 0 radical (unpaired) electrons. The van der Waals surface area contributed by atoms with Gasteiger partial charge in [0.1, 0.15) is 0 Å². The number of hydrogen-bond donors (Lipinski definition) is 2. The topological polar surface area (TPSA) is 88.0 Å². The van der Waals surface area contributed by atoms with Crippen LogP contribution in [0.5, 0.6) is 0 Å². The third kappa shape index (κ3) is 4.46. The van der Waals surface area contributed by atoms with Crippen molar-refractivity contribution in [3.8, 4) is 0 Å². The monoisotopic (exact) mass is 378 g/mol. The number of nitrogens with zero attached hydrogens (tertiary/aromatic N) is 1. The smallest absolute Gasteiger partial charge is 0.308 e. The Morgan fingerprint density at radius 1 is 1.18 bits per heavy atom. The molecule has 3 rings (SSSR count). The second-order valence-electron chi connectivity index (χ2n) is 6.93. The number of aryl methyl sites for hydroxylation is 2. The van der Waals surface area contributed by atoms with Gasteiger partial charge in [-0.25, -0.2) is 0 Å². The highest BCUT2D eigenvalue weighted by molar-refractivity contribution is 6.08. The largest absolute Gasteiger partial charge is 0.481 e. The summed E-state index contributed by atoms with van der Waals surface area (Å²) in [4.78, 5) is 29.7. The molecule has 144 valence electrons. The van der Waals surface area contributed by atoms with Crippen LogP contribution in [0.4, 0.5) is 5.69 Å². The standard InChI is InChI=1S/C22H22N2O4/c1-15-8-11-19(16(2)12-15)23-21(27)22(14-20(25)26)13-18(24-28-22)10-9-17-6-4-3-5-7-17/h3-12H,13-14H2,1-2H3,(H,23,27)(H,25,26)/b10-9+/t22-/m1/s1. The number of carbonyl (C=O) groups excluding carboxylic acids is 1. The van der Waals surface area contributed by atoms with E-state index in [0.29, 0.717) is 11.4 Å². The van der Waals surface area contributed by atoms with E-state index in [9.17, 15) is 14.7 Å². The SMILES string of the molecule is Cc1ccc(NC(=O)[C@]2(CC(=O)O)CC(/C=C/c3ccccc3)=NO2)c(C)c1. The van der Waals surface area contributed by atoms with Gasteiger partial charge in [-0.1, -0.05) is 59.3 Å². The molecule has 0 bridgehead atoms. The number of amides is 1. The number of carboxylic acids is 1. The van der Waals surface area contributed by atoms with Crippen LogP contribution in [0.3, 0.4) is 0 Å². The summed E-state index contributed by atoms with van der Waals surface area (Å²) >= 11 is 0. The van der Waals surface area contributed by atoms with Crippen LogP contribution in [0, 0.1) is 13.8 Å². The lowest BCUT2D eigenvalue weighted by molar-refractivity contribution is -0.152. The number of aliphatic carboxylic acids is 1. The molecule has 1 heterocycles. The van der Waals surface area contributed by atoms with Gasteiger partial charge >= 0.3 is 5.97 Å². The average Bonchev–Trinajstić information content (AvgIpc) is 3.07. The normalized spacial score (nSPS) is 18.6. The third-order valence-corrected chi connectivity index (χ3v) is 4.55. The highest BCUT2D eigenvalue weighted by Crippen LogP contribution is 2.31. The number of anilines is 1. The molecule has 0 aromatic heterocycles. The zero-order valence-electron chi connectivity index (χ0n) is 15.8. The van der Waals surface area contributed by atoms with E-state index in [0.717, 1.165) is 16.7 Å². The third-order valence-electron chi connectivity index (χ3n) is 4.55. The molecule has 0 unspecified atom stereocenters. The van der Waals surface area contributed by atoms with Crippen LogP contribution < -0.4 is 5.32 Å². The number of benzene rings is 2. The van der Waals surface area contributed by atoms with Gasteiger partial charge in [0.05, 0.1) is 12.1 Å². The molecule has 0 fully saturated rings. The maximum Gasteiger partial charge on any atom is 0.308 e. The zero-order valence-corrected chi connectivity index (χ0v) is 15.8. The molecular weight excluding hydrogens is 356 g/mol. The Balaban J connectivity index is 1.77. The van der Waals surface area contributed by atoms with Crippen LogP contribution in [0.25, 0.3) is 6.08 Å². The first-order chi connectivity index (χ1) is 13.4. The highest BCUT2D eigenvalue weighted by atomic mass is 16.7. The van der Waals surface area contributed by atoms with Gasteiger partial charge in [-0.3, -0.25) is 9.59 Å². The number of oxime groups is 1. The van der Waals surface area contributed by atoms with Crippen LogP contribution in [0.1, 0.15) is 29.5 Å². The van der Waals surface area contributed by atoms with Gasteiger partial charge in [-0.2, -0.15) is 0 Å². The van der Waals surface area contributed by atoms with Gasteiger partial charge in [-0.15, -0.1) is 0 Å². The lowest BCUT2D eigenvalue weighted by atomic mass is 9.91. The van der Waals surface area contributed by atoms with E-state index in [2.05, 4.69) is 10.5 Å². The Hall–Kier alpha value is -3.41. The first kappa shape index (κ1) is 19.4. The summed E-state index contributed by atoms with van der Waals surface area (Å²) in [5.41, 5.74) is 2.50. The maximum atomic E-state index is 12.9. The van der Waals surface area contributed by atoms with Crippen molar-refractivity contribution in [3.63, 3.8) is 0 Å². The zero-order chi connectivity index (χ0) is 20.1. The predicted molar refractivity (Wildman–Crippen MR) is 108 cm³/mol. The van der Waals surface area contributed by atoms with Gasteiger partial charge < -0.3 is 15.3 Å². The lowest BCUT2D eigenvalue weighted by Crippen LogP contribution is -2.45. The molecule has 0 saturated heterocycles. The van der Waals surface area contributed by atoms with E-state index in [1.807, 2.05) is 62.4 Å². The van der Waals surface area contributed by atoms with E-state index in [-0.39, 0.29) is 6.42 Å². The molecule has 2 aromatic rings. The van der Waals surface area contributed by atoms with Crippen molar-refractivity contribution < 1.29 is 19.5 Å². The molecule has 2 aromatic carbocycles. The molecular formula is C22H22N2O4. The quantitative estimate of drug-likeness (QED) is 0.797. The summed E-state index contributed by atoms with van der Waals surface area (Å²) in [5.74, 6) is -1.65. The molecule has 1 atom stereocenters. The van der Waals surface area contributed by atoms with Crippen LogP contribution >= 0.6 is 0 Å². The number of carbonyl (C=O) groups is 2. The lowest BCUT2D eigenvalue weighted by Gasteiger charge is -2.24. The summed E-state index contributed by atoms with van der Waals surface area (Å²) in [7, 11) is 0. The molecule has 1 aliphatic rings. The Morgan fingerprint density at radius 2 is 1.93 bits per heavy atom. The van der Waals surface area contributed by atoms with Crippen LogP contribution in [0.2, 0.25) is 0 Å². The van der Waals surface area contributed by atoms with Crippen LogP contribution in [0.15, 0.2) is 59.8 Å². The predicted octanol–water partition coefficient (Wildman–Crippen LogP) is 3.95. The van der Waals surface area contributed by atoms with Crippen molar-refractivity contribution in [3.05, 3.63) is 71.3 Å². The second-order valence-corrected chi connectivity index (χ2v) is 6.93. The fourth-order valence-corrected chi connectivity index (χ4v) is 3.08. The minimum atomic E-state index is -1.57. The van der Waals surface area contributed by atoms with E-state index < -0.39 is 23.9 Å². The van der Waals surface area contributed by atoms with Crippen molar-refractivity contribution in [2.24, 2.45) is 5.16 Å². The van der Waals surface area contributed by atoms with Crippen molar-refractivity contribution in [2.45, 2.75) is 32.3 Å². The summed E-state index contributed by atoms with van der Waals surface area (Å²) in [6.45, 7) is 3.84. The number of rotatable bonds is 6. The summed E-state index contributed by atoms with van der Waals surface area (Å²) in [6, 6.07) is 15.2. The highest BCUT2D eigenvalue weighted by Gasteiger charge is 2.48. The molecule has 28 heavy (non-hydrogen) atoms. The van der Waals surface area contributed by atoms with E-state index in [1.165, 1.54) is 0 Å². The van der Waals surface area contributed by atoms with Gasteiger partial charge in [0, 0.05) is 12.1 Å². The van der Waals surface area contributed by atoms with E-state index in [4.69, 9.17) is 4.84 Å². The van der Waals surface area contributed by atoms with E-state index in [1.54, 1.807) is 12.1 Å². The minimum Gasteiger partial charge on any atom is -0.481 e.